The van der Waals surface area contributed by atoms with Crippen LogP contribution in [0, 0.1) is 5.82 Å². The van der Waals surface area contributed by atoms with Crippen LogP contribution in [-0.4, -0.2) is 30.2 Å². The van der Waals surface area contributed by atoms with Gasteiger partial charge in [0.05, 0.1) is 12.2 Å². The van der Waals surface area contributed by atoms with E-state index < -0.39 is 5.82 Å². The van der Waals surface area contributed by atoms with E-state index in [1.165, 1.54) is 6.07 Å². The molecule has 2 heterocycles. The lowest BCUT2D eigenvalue weighted by Crippen LogP contribution is -2.45. The molecule has 1 aromatic heterocycles. The zero-order valence-electron chi connectivity index (χ0n) is 12.7. The molecule has 2 aromatic rings. The van der Waals surface area contributed by atoms with Gasteiger partial charge in [-0.1, -0.05) is 18.2 Å². The van der Waals surface area contributed by atoms with Crippen LogP contribution in [0.5, 0.6) is 0 Å². The molecule has 23 heavy (non-hydrogen) atoms. The van der Waals surface area contributed by atoms with Gasteiger partial charge in [-0.05, 0) is 36.4 Å². The number of amides is 2. The summed E-state index contributed by atoms with van der Waals surface area (Å²) in [7, 11) is 0. The molecular formula is C17H19FN2O2S. The number of nitrogens with zero attached hydrogens (tertiary/aromatic N) is 1. The molecule has 1 fully saturated rings. The third-order valence-electron chi connectivity index (χ3n) is 3.91. The van der Waals surface area contributed by atoms with Crippen molar-refractivity contribution in [1.82, 2.24) is 4.90 Å². The summed E-state index contributed by atoms with van der Waals surface area (Å²) in [5.41, 5.74) is 0.209. The second kappa shape index (κ2) is 7.57. The molecule has 0 unspecified atom stereocenters. The Morgan fingerprint density at radius 2 is 2.04 bits per heavy atom. The molecule has 1 saturated heterocycles. The first-order chi connectivity index (χ1) is 11.2. The van der Waals surface area contributed by atoms with Gasteiger partial charge in [0.15, 0.2) is 0 Å². The van der Waals surface area contributed by atoms with Crippen LogP contribution in [-0.2, 0) is 11.3 Å². The minimum atomic E-state index is -0.427. The van der Waals surface area contributed by atoms with Crippen molar-refractivity contribution in [2.45, 2.75) is 25.4 Å². The number of thiophene rings is 1. The maximum atomic E-state index is 13.8. The lowest BCUT2D eigenvalue weighted by Gasteiger charge is -2.34. The molecule has 4 nitrogen and oxygen atoms in total. The van der Waals surface area contributed by atoms with E-state index in [9.17, 15) is 9.18 Å². The summed E-state index contributed by atoms with van der Waals surface area (Å²) in [5, 5.41) is 4.69. The first kappa shape index (κ1) is 16.0. The van der Waals surface area contributed by atoms with Gasteiger partial charge in [0.1, 0.15) is 5.82 Å². The molecule has 122 valence electrons. The maximum absolute atomic E-state index is 13.8. The van der Waals surface area contributed by atoms with Gasteiger partial charge >= 0.3 is 6.03 Å². The molecule has 1 aliphatic heterocycles. The minimum Gasteiger partial charge on any atom is -0.381 e. The average Bonchev–Trinajstić information content (AvgIpc) is 3.09. The van der Waals surface area contributed by atoms with Crippen LogP contribution in [0.25, 0.3) is 0 Å². The number of benzene rings is 1. The summed E-state index contributed by atoms with van der Waals surface area (Å²) in [6, 6.07) is 10.0. The first-order valence-electron chi connectivity index (χ1n) is 7.66. The Morgan fingerprint density at radius 3 is 2.74 bits per heavy atom. The highest BCUT2D eigenvalue weighted by Crippen LogP contribution is 2.22. The number of carbonyl (C=O) groups excluding carboxylic acids is 1. The molecule has 0 radical (unpaired) electrons. The average molecular weight is 334 g/mol. The van der Waals surface area contributed by atoms with E-state index in [1.54, 1.807) is 34.4 Å². The number of hydrogen-bond donors (Lipinski definition) is 1. The van der Waals surface area contributed by atoms with Crippen LogP contribution >= 0.6 is 11.3 Å². The van der Waals surface area contributed by atoms with Gasteiger partial charge in [-0.2, -0.15) is 0 Å². The van der Waals surface area contributed by atoms with Gasteiger partial charge < -0.3 is 15.0 Å². The Morgan fingerprint density at radius 1 is 1.26 bits per heavy atom. The van der Waals surface area contributed by atoms with E-state index >= 15 is 0 Å². The van der Waals surface area contributed by atoms with Crippen LogP contribution in [0.1, 0.15) is 17.7 Å². The monoisotopic (exact) mass is 334 g/mol. The van der Waals surface area contributed by atoms with Crippen molar-refractivity contribution in [1.29, 1.82) is 0 Å². The fourth-order valence-corrected chi connectivity index (χ4v) is 3.39. The Hall–Kier alpha value is -1.92. The van der Waals surface area contributed by atoms with Crippen molar-refractivity contribution in [2.24, 2.45) is 0 Å². The topological polar surface area (TPSA) is 41.6 Å². The largest absolute Gasteiger partial charge is 0.381 e. The molecule has 0 spiro atoms. The summed E-state index contributed by atoms with van der Waals surface area (Å²) in [5.74, 6) is -0.427. The molecule has 0 bridgehead atoms. The summed E-state index contributed by atoms with van der Waals surface area (Å²) >= 11 is 1.62. The quantitative estimate of drug-likeness (QED) is 0.914. The SMILES string of the molecule is O=C(Nc1ccccc1F)N(Cc1cccs1)C1CCOCC1. The van der Waals surface area contributed by atoms with Gasteiger partial charge in [0.2, 0.25) is 0 Å². The Balaban J connectivity index is 1.76. The van der Waals surface area contributed by atoms with Crippen molar-refractivity contribution >= 4 is 23.1 Å². The highest BCUT2D eigenvalue weighted by Gasteiger charge is 2.26. The fourth-order valence-electron chi connectivity index (χ4n) is 2.68. The minimum absolute atomic E-state index is 0.109. The van der Waals surface area contributed by atoms with Gasteiger partial charge in [-0.15, -0.1) is 11.3 Å². The third-order valence-corrected chi connectivity index (χ3v) is 4.78. The number of rotatable bonds is 4. The first-order valence-corrected chi connectivity index (χ1v) is 8.54. The van der Waals surface area contributed by atoms with Crippen molar-refractivity contribution in [3.05, 3.63) is 52.5 Å². The molecule has 3 rings (SSSR count). The zero-order chi connectivity index (χ0) is 16.1. The third kappa shape index (κ3) is 4.09. The molecule has 1 aromatic carbocycles. The molecule has 0 atom stereocenters. The summed E-state index contributed by atoms with van der Waals surface area (Å²) < 4.78 is 19.2. The van der Waals surface area contributed by atoms with Crippen LogP contribution in [0.15, 0.2) is 41.8 Å². The number of ether oxygens (including phenoxy) is 1. The van der Waals surface area contributed by atoms with Crippen LogP contribution in [0.4, 0.5) is 14.9 Å². The van der Waals surface area contributed by atoms with Crippen molar-refractivity contribution in [2.75, 3.05) is 18.5 Å². The summed E-state index contributed by atoms with van der Waals surface area (Å²) in [6.07, 6.45) is 1.60. The standard InChI is InChI=1S/C17H19FN2O2S/c18-15-5-1-2-6-16(15)19-17(21)20(12-14-4-3-11-23-14)13-7-9-22-10-8-13/h1-6,11,13H,7-10,12H2,(H,19,21). The van der Waals surface area contributed by atoms with E-state index in [0.29, 0.717) is 19.8 Å². The normalized spacial score (nSPS) is 15.3. The summed E-state index contributed by atoms with van der Waals surface area (Å²) in [6.45, 7) is 1.83. The van der Waals surface area contributed by atoms with E-state index in [2.05, 4.69) is 5.32 Å². The second-order valence-corrected chi connectivity index (χ2v) is 6.49. The molecule has 2 amide bonds. The zero-order valence-corrected chi connectivity index (χ0v) is 13.5. The molecule has 0 saturated carbocycles. The number of halogens is 1. The number of anilines is 1. The van der Waals surface area contributed by atoms with Crippen molar-refractivity contribution < 1.29 is 13.9 Å². The molecular weight excluding hydrogens is 315 g/mol. The molecule has 1 N–H and O–H groups in total. The van der Waals surface area contributed by atoms with Gasteiger partial charge in [-0.3, -0.25) is 0 Å². The van der Waals surface area contributed by atoms with Crippen LogP contribution < -0.4 is 5.32 Å². The van der Waals surface area contributed by atoms with Gasteiger partial charge in [0, 0.05) is 24.1 Å². The smallest absolute Gasteiger partial charge is 0.322 e. The number of nitrogens with one attached hydrogen (secondary N) is 1. The van der Waals surface area contributed by atoms with Crippen LogP contribution in [0.3, 0.4) is 0 Å². The van der Waals surface area contributed by atoms with Crippen molar-refractivity contribution in [3.8, 4) is 0 Å². The van der Waals surface area contributed by atoms with Gasteiger partial charge in [-0.25, -0.2) is 9.18 Å². The number of carbonyl (C=O) groups is 1. The second-order valence-electron chi connectivity index (χ2n) is 5.46. The van der Waals surface area contributed by atoms with E-state index in [1.807, 2.05) is 17.5 Å². The number of hydrogen-bond acceptors (Lipinski definition) is 3. The maximum Gasteiger partial charge on any atom is 0.322 e. The number of para-hydroxylation sites is 1. The van der Waals surface area contributed by atoms with E-state index in [0.717, 1.165) is 17.7 Å². The van der Waals surface area contributed by atoms with Crippen LogP contribution in [0.2, 0.25) is 0 Å². The van der Waals surface area contributed by atoms with E-state index in [-0.39, 0.29) is 17.8 Å². The molecule has 0 aliphatic carbocycles. The highest BCUT2D eigenvalue weighted by atomic mass is 32.1. The predicted molar refractivity (Wildman–Crippen MR) is 89.1 cm³/mol. The van der Waals surface area contributed by atoms with E-state index in [4.69, 9.17) is 4.74 Å². The van der Waals surface area contributed by atoms with Crippen molar-refractivity contribution in [3.63, 3.8) is 0 Å². The predicted octanol–water partition coefficient (Wildman–Crippen LogP) is 4.10. The fraction of sp³-hybridized carbons (Fsp3) is 0.353. The molecule has 1 aliphatic rings. The Bertz CT molecular complexity index is 642. The lowest BCUT2D eigenvalue weighted by atomic mass is 10.1. The highest BCUT2D eigenvalue weighted by molar-refractivity contribution is 7.09. The Kier molecular flexibility index (Phi) is 5.25. The summed E-state index contributed by atoms with van der Waals surface area (Å²) in [4.78, 5) is 15.6. The molecule has 6 heteroatoms. The number of urea groups is 1. The lowest BCUT2D eigenvalue weighted by molar-refractivity contribution is 0.0462. The van der Waals surface area contributed by atoms with Gasteiger partial charge in [0.25, 0.3) is 0 Å². The Labute approximate surface area is 138 Å².